The summed E-state index contributed by atoms with van der Waals surface area (Å²) in [6, 6.07) is 10.7. The Labute approximate surface area is 116 Å². The maximum absolute atomic E-state index is 8.98. The highest BCUT2D eigenvalue weighted by Crippen LogP contribution is 2.34. The predicted octanol–water partition coefficient (Wildman–Crippen LogP) is 2.97. The van der Waals surface area contributed by atoms with E-state index in [4.69, 9.17) is 19.9 Å². The van der Waals surface area contributed by atoms with Crippen LogP contribution in [0.2, 0.25) is 0 Å². The molecular formula is C14H16N2O4. The standard InChI is InChI=1S/C14H16N2O4/c1-19-13-7-9(3-5-11(13)15-17)10-4-6-12(16-18)14(8-10)20-2/h3-8,15-18H,1-2H3. The van der Waals surface area contributed by atoms with Gasteiger partial charge in [-0.15, -0.1) is 0 Å². The first-order valence-electron chi connectivity index (χ1n) is 5.90. The molecule has 6 heteroatoms. The molecule has 0 spiro atoms. The summed E-state index contributed by atoms with van der Waals surface area (Å²) >= 11 is 0. The summed E-state index contributed by atoms with van der Waals surface area (Å²) in [5.74, 6) is 1.04. The van der Waals surface area contributed by atoms with Crippen molar-refractivity contribution in [3.8, 4) is 22.6 Å². The Hall–Kier alpha value is -2.44. The summed E-state index contributed by atoms with van der Waals surface area (Å²) in [5, 5.41) is 18.0. The van der Waals surface area contributed by atoms with Gasteiger partial charge in [-0.25, -0.2) is 0 Å². The van der Waals surface area contributed by atoms with Gasteiger partial charge in [0.1, 0.15) is 22.9 Å². The molecule has 0 unspecified atom stereocenters. The van der Waals surface area contributed by atoms with Crippen LogP contribution in [0.15, 0.2) is 36.4 Å². The molecule has 6 nitrogen and oxygen atoms in total. The van der Waals surface area contributed by atoms with Gasteiger partial charge in [0.2, 0.25) is 0 Å². The Morgan fingerprint density at radius 2 is 1.15 bits per heavy atom. The molecule has 20 heavy (non-hydrogen) atoms. The first kappa shape index (κ1) is 14.0. The fraction of sp³-hybridized carbons (Fsp3) is 0.143. The first-order valence-corrected chi connectivity index (χ1v) is 5.90. The number of anilines is 2. The summed E-state index contributed by atoms with van der Waals surface area (Å²) in [7, 11) is 3.05. The molecule has 0 atom stereocenters. The third kappa shape index (κ3) is 2.61. The van der Waals surface area contributed by atoms with E-state index in [1.54, 1.807) is 24.3 Å². The lowest BCUT2D eigenvalue weighted by molar-refractivity contribution is 0.373. The van der Waals surface area contributed by atoms with Gasteiger partial charge in [-0.2, -0.15) is 0 Å². The molecule has 2 aromatic carbocycles. The number of hydrogen-bond donors (Lipinski definition) is 4. The fourth-order valence-electron chi connectivity index (χ4n) is 1.93. The van der Waals surface area contributed by atoms with Crippen LogP contribution >= 0.6 is 0 Å². The van der Waals surface area contributed by atoms with Crippen LogP contribution < -0.4 is 20.4 Å². The average Bonchev–Trinajstić information content (AvgIpc) is 2.53. The third-order valence-corrected chi connectivity index (χ3v) is 2.98. The summed E-state index contributed by atoms with van der Waals surface area (Å²) in [6.07, 6.45) is 0. The van der Waals surface area contributed by atoms with E-state index in [1.807, 2.05) is 12.1 Å². The molecule has 0 saturated heterocycles. The van der Waals surface area contributed by atoms with Crippen molar-refractivity contribution in [3.05, 3.63) is 36.4 Å². The summed E-state index contributed by atoms with van der Waals surface area (Å²) in [4.78, 5) is 0. The molecule has 0 aliphatic heterocycles. The number of benzene rings is 2. The minimum atomic E-state index is 0.483. The maximum atomic E-state index is 8.98. The molecule has 106 valence electrons. The molecule has 0 radical (unpaired) electrons. The molecule has 2 aromatic rings. The SMILES string of the molecule is COc1cc(-c2ccc(NO)c(OC)c2)ccc1NO. The normalized spacial score (nSPS) is 10.0. The van der Waals surface area contributed by atoms with E-state index in [1.165, 1.54) is 14.2 Å². The van der Waals surface area contributed by atoms with E-state index in [0.29, 0.717) is 22.9 Å². The highest BCUT2D eigenvalue weighted by atomic mass is 16.5. The predicted molar refractivity (Wildman–Crippen MR) is 75.8 cm³/mol. The Morgan fingerprint density at radius 1 is 0.750 bits per heavy atom. The summed E-state index contributed by atoms with van der Waals surface area (Å²) in [6.45, 7) is 0. The fourth-order valence-corrected chi connectivity index (χ4v) is 1.93. The van der Waals surface area contributed by atoms with Gasteiger partial charge < -0.3 is 9.47 Å². The molecule has 4 N–H and O–H groups in total. The first-order chi connectivity index (χ1) is 9.73. The van der Waals surface area contributed by atoms with Gasteiger partial charge in [0.15, 0.2) is 0 Å². The van der Waals surface area contributed by atoms with E-state index in [0.717, 1.165) is 11.1 Å². The monoisotopic (exact) mass is 276 g/mol. The van der Waals surface area contributed by atoms with Crippen molar-refractivity contribution in [1.29, 1.82) is 0 Å². The van der Waals surface area contributed by atoms with Crippen LogP contribution in [0, 0.1) is 0 Å². The topological polar surface area (TPSA) is 83.0 Å². The smallest absolute Gasteiger partial charge is 0.144 e. The lowest BCUT2D eigenvalue weighted by Gasteiger charge is -2.12. The quantitative estimate of drug-likeness (QED) is 0.628. The van der Waals surface area contributed by atoms with Crippen LogP contribution in [0.1, 0.15) is 0 Å². The van der Waals surface area contributed by atoms with Gasteiger partial charge in [0.25, 0.3) is 0 Å². The minimum Gasteiger partial charge on any atom is -0.494 e. The Bertz CT molecular complexity index is 548. The molecule has 2 rings (SSSR count). The number of nitrogens with one attached hydrogen (secondary N) is 2. The Balaban J connectivity index is 2.46. The lowest BCUT2D eigenvalue weighted by atomic mass is 10.0. The van der Waals surface area contributed by atoms with Crippen LogP contribution in [0.5, 0.6) is 11.5 Å². The third-order valence-electron chi connectivity index (χ3n) is 2.98. The molecule has 0 aromatic heterocycles. The zero-order valence-corrected chi connectivity index (χ0v) is 11.2. The van der Waals surface area contributed by atoms with E-state index >= 15 is 0 Å². The van der Waals surface area contributed by atoms with Crippen molar-refractivity contribution < 1.29 is 19.9 Å². The highest BCUT2D eigenvalue weighted by molar-refractivity contribution is 5.74. The van der Waals surface area contributed by atoms with Crippen molar-refractivity contribution in [2.45, 2.75) is 0 Å². The van der Waals surface area contributed by atoms with Gasteiger partial charge in [0.05, 0.1) is 14.2 Å². The maximum Gasteiger partial charge on any atom is 0.144 e. The lowest BCUT2D eigenvalue weighted by Crippen LogP contribution is -1.96. The zero-order chi connectivity index (χ0) is 14.5. The molecular weight excluding hydrogens is 260 g/mol. The summed E-state index contributed by atoms with van der Waals surface area (Å²) < 4.78 is 10.4. The van der Waals surface area contributed by atoms with Crippen LogP contribution in [0.4, 0.5) is 11.4 Å². The second-order valence-electron chi connectivity index (χ2n) is 4.05. The van der Waals surface area contributed by atoms with Crippen molar-refractivity contribution >= 4 is 11.4 Å². The van der Waals surface area contributed by atoms with Crippen LogP contribution in [-0.2, 0) is 0 Å². The molecule has 0 bridgehead atoms. The molecule has 0 saturated carbocycles. The van der Waals surface area contributed by atoms with E-state index in [2.05, 4.69) is 11.0 Å². The minimum absolute atomic E-state index is 0.483. The number of rotatable bonds is 5. The van der Waals surface area contributed by atoms with Crippen LogP contribution in [0.3, 0.4) is 0 Å². The molecule has 0 heterocycles. The van der Waals surface area contributed by atoms with Crippen molar-refractivity contribution in [1.82, 2.24) is 0 Å². The molecule has 0 fully saturated rings. The Morgan fingerprint density at radius 3 is 1.45 bits per heavy atom. The molecule has 0 aliphatic carbocycles. The number of ether oxygens (including phenoxy) is 2. The van der Waals surface area contributed by atoms with E-state index in [-0.39, 0.29) is 0 Å². The second-order valence-corrected chi connectivity index (χ2v) is 4.05. The number of hydrogen-bond acceptors (Lipinski definition) is 6. The average molecular weight is 276 g/mol. The van der Waals surface area contributed by atoms with E-state index < -0.39 is 0 Å². The number of methoxy groups -OCH3 is 2. The van der Waals surface area contributed by atoms with Crippen LogP contribution in [0.25, 0.3) is 11.1 Å². The molecule has 0 amide bonds. The van der Waals surface area contributed by atoms with Gasteiger partial charge in [0, 0.05) is 0 Å². The van der Waals surface area contributed by atoms with E-state index in [9.17, 15) is 0 Å². The van der Waals surface area contributed by atoms with Gasteiger partial charge >= 0.3 is 0 Å². The highest BCUT2D eigenvalue weighted by Gasteiger charge is 2.08. The van der Waals surface area contributed by atoms with Gasteiger partial charge in [-0.3, -0.25) is 21.4 Å². The molecule has 0 aliphatic rings. The van der Waals surface area contributed by atoms with Crippen molar-refractivity contribution in [2.75, 3.05) is 25.2 Å². The second kappa shape index (κ2) is 6.14. The van der Waals surface area contributed by atoms with Crippen molar-refractivity contribution in [3.63, 3.8) is 0 Å². The van der Waals surface area contributed by atoms with Crippen LogP contribution in [-0.4, -0.2) is 24.6 Å². The summed E-state index contributed by atoms with van der Waals surface area (Å²) in [5.41, 5.74) is 6.90. The Kier molecular flexibility index (Phi) is 4.29. The van der Waals surface area contributed by atoms with Crippen molar-refractivity contribution in [2.24, 2.45) is 0 Å². The van der Waals surface area contributed by atoms with Gasteiger partial charge in [-0.1, -0.05) is 12.1 Å². The largest absolute Gasteiger partial charge is 0.494 e. The zero-order valence-electron chi connectivity index (χ0n) is 11.2. The van der Waals surface area contributed by atoms with Gasteiger partial charge in [-0.05, 0) is 35.4 Å².